The van der Waals surface area contributed by atoms with Gasteiger partial charge in [0.05, 0.1) is 50.4 Å². The first-order valence-corrected chi connectivity index (χ1v) is 15.1. The fourth-order valence-corrected chi connectivity index (χ4v) is 5.79. The van der Waals surface area contributed by atoms with E-state index in [4.69, 9.17) is 23.2 Å². The van der Waals surface area contributed by atoms with Crippen molar-refractivity contribution in [2.75, 3.05) is 29.9 Å². The maximum atomic E-state index is 13.3. The number of fused-ring (bicyclic) bond motifs is 1. The van der Waals surface area contributed by atoms with E-state index in [1.54, 1.807) is 34.7 Å². The molecule has 0 atom stereocenters. The number of hydrogen-bond acceptors (Lipinski definition) is 6. The molecule has 0 spiro atoms. The van der Waals surface area contributed by atoms with Crippen molar-refractivity contribution in [1.29, 1.82) is 0 Å². The zero-order chi connectivity index (χ0) is 34.1. The Morgan fingerprint density at radius 1 is 1.02 bits per heavy atom. The number of piperidine rings is 1. The SMILES string of the molecule is Cn1c(Nc2c(Cl)ccc(CNC(=O)c3cc[nH]n3)c2Cl)nc2cc(C(=O)NCCC(F)(F)F)c(N3CCC(C(F)(F)F)CC3)cc21. The topological polar surface area (TPSA) is 120 Å². The maximum absolute atomic E-state index is 13.3. The first kappa shape index (κ1) is 34.2. The average Bonchev–Trinajstić information content (AvgIpc) is 3.65. The Morgan fingerprint density at radius 2 is 1.74 bits per heavy atom. The van der Waals surface area contributed by atoms with Gasteiger partial charge in [0.15, 0.2) is 0 Å². The van der Waals surface area contributed by atoms with E-state index in [9.17, 15) is 35.9 Å². The lowest BCUT2D eigenvalue weighted by Crippen LogP contribution is -2.40. The van der Waals surface area contributed by atoms with E-state index >= 15 is 0 Å². The van der Waals surface area contributed by atoms with Gasteiger partial charge in [0.2, 0.25) is 5.95 Å². The number of imidazole rings is 1. The van der Waals surface area contributed by atoms with Crippen LogP contribution in [0.4, 0.5) is 43.7 Å². The number of amides is 2. The number of rotatable bonds is 9. The smallest absolute Gasteiger partial charge is 0.371 e. The van der Waals surface area contributed by atoms with Gasteiger partial charge in [-0.3, -0.25) is 14.7 Å². The highest BCUT2D eigenvalue weighted by molar-refractivity contribution is 6.39. The summed E-state index contributed by atoms with van der Waals surface area (Å²) in [5.41, 5.74) is 1.96. The molecule has 0 saturated carbocycles. The van der Waals surface area contributed by atoms with Gasteiger partial charge in [-0.1, -0.05) is 29.3 Å². The Labute approximate surface area is 273 Å². The van der Waals surface area contributed by atoms with E-state index in [0.29, 0.717) is 11.1 Å². The van der Waals surface area contributed by atoms with Crippen molar-refractivity contribution in [3.05, 3.63) is 63.4 Å². The molecule has 18 heteroatoms. The van der Waals surface area contributed by atoms with Gasteiger partial charge in [0.1, 0.15) is 5.69 Å². The fraction of sp³-hybridized carbons (Fsp3) is 0.379. The van der Waals surface area contributed by atoms with E-state index in [-0.39, 0.29) is 76.6 Å². The minimum Gasteiger partial charge on any atom is -0.371 e. The van der Waals surface area contributed by atoms with Crippen LogP contribution in [-0.2, 0) is 13.6 Å². The van der Waals surface area contributed by atoms with Crippen molar-refractivity contribution >= 4 is 63.4 Å². The van der Waals surface area contributed by atoms with Gasteiger partial charge in [-0.25, -0.2) is 4.98 Å². The standard InChI is InChI=1S/C29H28Cl2F6N8O2/c1-44-22-13-21(45-10-5-16(6-11-45)29(35,36)37)17(25(46)38-9-7-28(32,33)34)12-20(22)41-27(44)42-24-18(30)3-2-15(23(24)31)14-39-26(47)19-4-8-40-43-19/h2-4,8,12-13,16H,5-7,9-11,14H2,1H3,(H,38,46)(H,39,47)(H,40,43)(H,41,42). The average molecular weight is 705 g/mol. The van der Waals surface area contributed by atoms with Gasteiger partial charge in [0.25, 0.3) is 11.8 Å². The normalized spacial score (nSPS) is 14.4. The van der Waals surface area contributed by atoms with Gasteiger partial charge in [0, 0.05) is 39.4 Å². The first-order chi connectivity index (χ1) is 22.1. The van der Waals surface area contributed by atoms with Crippen LogP contribution in [-0.4, -0.2) is 63.5 Å². The van der Waals surface area contributed by atoms with Gasteiger partial charge in [-0.05, 0) is 42.7 Å². The molecule has 0 unspecified atom stereocenters. The lowest BCUT2D eigenvalue weighted by Gasteiger charge is -2.35. The number of H-pyrrole nitrogens is 1. The Bertz CT molecular complexity index is 1770. The molecule has 1 aliphatic rings. The second-order valence-electron chi connectivity index (χ2n) is 10.9. The molecule has 3 heterocycles. The lowest BCUT2D eigenvalue weighted by atomic mass is 9.95. The summed E-state index contributed by atoms with van der Waals surface area (Å²) in [4.78, 5) is 31.6. The number of carbonyl (C=O) groups excluding carboxylic acids is 2. The van der Waals surface area contributed by atoms with Gasteiger partial charge in [-0.2, -0.15) is 31.4 Å². The predicted octanol–water partition coefficient (Wildman–Crippen LogP) is 6.74. The van der Waals surface area contributed by atoms with E-state index < -0.39 is 43.1 Å². The monoisotopic (exact) mass is 704 g/mol. The van der Waals surface area contributed by atoms with Crippen molar-refractivity contribution in [1.82, 2.24) is 30.4 Å². The highest BCUT2D eigenvalue weighted by Gasteiger charge is 2.41. The van der Waals surface area contributed by atoms with Crippen molar-refractivity contribution < 1.29 is 35.9 Å². The lowest BCUT2D eigenvalue weighted by molar-refractivity contribution is -0.179. The van der Waals surface area contributed by atoms with E-state index in [1.165, 1.54) is 18.3 Å². The van der Waals surface area contributed by atoms with Crippen molar-refractivity contribution in [2.45, 2.75) is 38.2 Å². The molecule has 1 saturated heterocycles. The molecule has 252 valence electrons. The molecule has 0 aliphatic carbocycles. The summed E-state index contributed by atoms with van der Waals surface area (Å²) >= 11 is 13.1. The second kappa shape index (κ2) is 13.5. The van der Waals surface area contributed by atoms with Crippen LogP contribution in [0.15, 0.2) is 36.5 Å². The highest BCUT2D eigenvalue weighted by atomic mass is 35.5. The van der Waals surface area contributed by atoms with Crippen LogP contribution in [0.25, 0.3) is 11.0 Å². The molecule has 0 radical (unpaired) electrons. The number of aromatic amines is 1. The second-order valence-corrected chi connectivity index (χ2v) is 11.7. The Hall–Kier alpha value is -4.18. The Kier molecular flexibility index (Phi) is 9.82. The van der Waals surface area contributed by atoms with E-state index in [0.717, 1.165) is 0 Å². The molecule has 0 bridgehead atoms. The van der Waals surface area contributed by atoms with Crippen LogP contribution >= 0.6 is 23.2 Å². The molecule has 47 heavy (non-hydrogen) atoms. The minimum atomic E-state index is -4.49. The van der Waals surface area contributed by atoms with E-state index in [1.807, 2.05) is 0 Å². The van der Waals surface area contributed by atoms with E-state index in [2.05, 4.69) is 31.1 Å². The number of aromatic nitrogens is 4. The van der Waals surface area contributed by atoms with Crippen molar-refractivity contribution in [2.24, 2.45) is 13.0 Å². The third kappa shape index (κ3) is 7.87. The third-order valence-electron chi connectivity index (χ3n) is 7.82. The molecular formula is C29H28Cl2F6N8O2. The Balaban J connectivity index is 1.44. The molecule has 4 N–H and O–H groups in total. The maximum Gasteiger partial charge on any atom is 0.391 e. The summed E-state index contributed by atoms with van der Waals surface area (Å²) in [6.45, 7) is -0.674. The predicted molar refractivity (Wildman–Crippen MR) is 164 cm³/mol. The highest BCUT2D eigenvalue weighted by Crippen LogP contribution is 2.39. The van der Waals surface area contributed by atoms with Crippen LogP contribution in [0, 0.1) is 5.92 Å². The number of halogens is 8. The molecule has 1 fully saturated rings. The van der Waals surface area contributed by atoms with Gasteiger partial charge >= 0.3 is 12.4 Å². The molecule has 10 nitrogen and oxygen atoms in total. The molecule has 4 aromatic rings. The summed E-state index contributed by atoms with van der Waals surface area (Å²) < 4.78 is 79.9. The third-order valence-corrected chi connectivity index (χ3v) is 8.56. The summed E-state index contributed by atoms with van der Waals surface area (Å²) in [6.07, 6.45) is -9.01. The first-order valence-electron chi connectivity index (χ1n) is 14.3. The van der Waals surface area contributed by atoms with Gasteiger partial charge in [-0.15, -0.1) is 0 Å². The fourth-order valence-electron chi connectivity index (χ4n) is 5.25. The largest absolute Gasteiger partial charge is 0.391 e. The number of carbonyl (C=O) groups is 2. The molecule has 1 aliphatic heterocycles. The van der Waals surface area contributed by atoms with Crippen molar-refractivity contribution in [3.63, 3.8) is 0 Å². The summed E-state index contributed by atoms with van der Waals surface area (Å²) in [7, 11) is 1.65. The molecule has 2 aromatic heterocycles. The number of hydrogen-bond donors (Lipinski definition) is 4. The number of aryl methyl sites for hydroxylation is 1. The molecular weight excluding hydrogens is 677 g/mol. The number of alkyl halides is 6. The quantitative estimate of drug-likeness (QED) is 0.143. The zero-order valence-electron chi connectivity index (χ0n) is 24.6. The minimum absolute atomic E-state index is 0.0177. The molecule has 5 rings (SSSR count). The van der Waals surface area contributed by atoms with Gasteiger partial charge < -0.3 is 25.4 Å². The van der Waals surface area contributed by atoms with Crippen LogP contribution in [0.5, 0.6) is 0 Å². The zero-order valence-corrected chi connectivity index (χ0v) is 26.1. The molecule has 2 amide bonds. The Morgan fingerprint density at radius 3 is 2.38 bits per heavy atom. The van der Waals surface area contributed by atoms with Crippen LogP contribution in [0.3, 0.4) is 0 Å². The number of anilines is 3. The number of nitrogens with zero attached hydrogens (tertiary/aromatic N) is 4. The van der Waals surface area contributed by atoms with Crippen LogP contribution in [0.1, 0.15) is 45.7 Å². The summed E-state index contributed by atoms with van der Waals surface area (Å²) in [6, 6.07) is 7.67. The molecule has 2 aromatic carbocycles. The van der Waals surface area contributed by atoms with Crippen molar-refractivity contribution in [3.8, 4) is 0 Å². The number of nitrogens with one attached hydrogen (secondary N) is 4. The summed E-state index contributed by atoms with van der Waals surface area (Å²) in [5.74, 6) is -2.53. The summed E-state index contributed by atoms with van der Waals surface area (Å²) in [5, 5.41) is 14.8. The van der Waals surface area contributed by atoms with Crippen LogP contribution in [0.2, 0.25) is 10.0 Å². The van der Waals surface area contributed by atoms with Crippen LogP contribution < -0.4 is 20.9 Å². The number of benzene rings is 2.